The van der Waals surface area contributed by atoms with E-state index in [1.807, 2.05) is 0 Å². The average molecular weight is 297 g/mol. The molecule has 0 unspecified atom stereocenters. The highest BCUT2D eigenvalue weighted by Crippen LogP contribution is 2.30. The van der Waals surface area contributed by atoms with Gasteiger partial charge in [0.15, 0.2) is 0 Å². The summed E-state index contributed by atoms with van der Waals surface area (Å²) in [4.78, 5) is 10.6. The van der Waals surface area contributed by atoms with Crippen molar-refractivity contribution in [1.82, 2.24) is 9.78 Å². The van der Waals surface area contributed by atoms with Gasteiger partial charge < -0.3 is 5.11 Å². The number of aliphatic carboxylic acids is 1. The Morgan fingerprint density at radius 3 is 2.62 bits per heavy atom. The molecule has 0 amide bonds. The number of carbonyl (C=O) groups is 1. The minimum Gasteiger partial charge on any atom is -0.481 e. The van der Waals surface area contributed by atoms with E-state index in [0.29, 0.717) is 5.69 Å². The summed E-state index contributed by atoms with van der Waals surface area (Å²) >= 11 is 3.02. The molecule has 0 aliphatic carbocycles. The Kier molecular flexibility index (Phi) is 4.01. The normalized spacial score (nSPS) is 13.1. The highest BCUT2D eigenvalue weighted by molar-refractivity contribution is 9.10. The molecule has 1 aromatic heterocycles. The number of halogens is 3. The van der Waals surface area contributed by atoms with Crippen LogP contribution in [0.4, 0.5) is 8.78 Å². The van der Waals surface area contributed by atoms with Gasteiger partial charge in [-0.1, -0.05) is 6.92 Å². The van der Waals surface area contributed by atoms with Crippen molar-refractivity contribution in [2.75, 3.05) is 0 Å². The number of rotatable bonds is 4. The van der Waals surface area contributed by atoms with Gasteiger partial charge in [0, 0.05) is 0 Å². The zero-order valence-electron chi connectivity index (χ0n) is 8.75. The standard InChI is InChI=1S/C9H11BrF2N2O2/c1-4(9(15)16)3-14-7(8(11)12)6(10)5(2)13-14/h4,8H,3H2,1-2H3,(H,15,16)/t4-/m0/s1. The molecule has 1 rings (SSSR count). The van der Waals surface area contributed by atoms with E-state index >= 15 is 0 Å². The van der Waals surface area contributed by atoms with Crippen molar-refractivity contribution < 1.29 is 18.7 Å². The van der Waals surface area contributed by atoms with Crippen LogP contribution in [-0.2, 0) is 11.3 Å². The summed E-state index contributed by atoms with van der Waals surface area (Å²) in [7, 11) is 0. The largest absolute Gasteiger partial charge is 0.481 e. The van der Waals surface area contributed by atoms with Crippen LogP contribution >= 0.6 is 15.9 Å². The Morgan fingerprint density at radius 2 is 2.19 bits per heavy atom. The van der Waals surface area contributed by atoms with Crippen molar-refractivity contribution in [3.63, 3.8) is 0 Å². The second-order valence-corrected chi connectivity index (χ2v) is 4.30. The van der Waals surface area contributed by atoms with Crippen LogP contribution < -0.4 is 0 Å². The molecule has 1 heterocycles. The van der Waals surface area contributed by atoms with Gasteiger partial charge in [-0.15, -0.1) is 0 Å². The molecule has 1 atom stereocenters. The van der Waals surface area contributed by atoms with Crippen molar-refractivity contribution in [3.05, 3.63) is 15.9 Å². The van der Waals surface area contributed by atoms with Crippen molar-refractivity contribution in [3.8, 4) is 0 Å². The summed E-state index contributed by atoms with van der Waals surface area (Å²) < 4.78 is 26.7. The zero-order chi connectivity index (χ0) is 12.5. The minimum atomic E-state index is -2.68. The van der Waals surface area contributed by atoms with Crippen molar-refractivity contribution >= 4 is 21.9 Å². The fourth-order valence-corrected chi connectivity index (χ4v) is 1.72. The number of carboxylic acids is 1. The number of hydrogen-bond donors (Lipinski definition) is 1. The molecule has 90 valence electrons. The molecule has 7 heteroatoms. The van der Waals surface area contributed by atoms with Gasteiger partial charge in [0.1, 0.15) is 5.69 Å². The smallest absolute Gasteiger partial charge is 0.308 e. The summed E-state index contributed by atoms with van der Waals surface area (Å²) in [6.07, 6.45) is -2.68. The Balaban J connectivity index is 3.04. The van der Waals surface area contributed by atoms with Crippen LogP contribution in [0.1, 0.15) is 24.7 Å². The first-order valence-electron chi connectivity index (χ1n) is 4.58. The number of carboxylic acid groups (broad SMARTS) is 1. The second kappa shape index (κ2) is 4.90. The third kappa shape index (κ3) is 2.58. The predicted molar refractivity (Wildman–Crippen MR) is 56.4 cm³/mol. The van der Waals surface area contributed by atoms with Gasteiger partial charge in [-0.25, -0.2) is 8.78 Å². The lowest BCUT2D eigenvalue weighted by Crippen LogP contribution is -2.19. The summed E-state index contributed by atoms with van der Waals surface area (Å²) in [5.41, 5.74) is 0.151. The Morgan fingerprint density at radius 1 is 1.62 bits per heavy atom. The van der Waals surface area contributed by atoms with Gasteiger partial charge in [0.05, 0.1) is 22.6 Å². The van der Waals surface area contributed by atoms with Gasteiger partial charge in [-0.05, 0) is 22.9 Å². The summed E-state index contributed by atoms with van der Waals surface area (Å²) in [6.45, 7) is 2.96. The SMILES string of the molecule is Cc1nn(C[C@H](C)C(=O)O)c(C(F)F)c1Br. The quantitative estimate of drug-likeness (QED) is 0.929. The molecule has 0 bridgehead atoms. The maximum Gasteiger partial charge on any atom is 0.308 e. The van der Waals surface area contributed by atoms with Gasteiger partial charge >= 0.3 is 5.97 Å². The number of alkyl halides is 2. The molecule has 0 fully saturated rings. The topological polar surface area (TPSA) is 55.1 Å². The van der Waals surface area contributed by atoms with E-state index in [0.717, 1.165) is 4.68 Å². The van der Waals surface area contributed by atoms with E-state index in [1.54, 1.807) is 6.92 Å². The zero-order valence-corrected chi connectivity index (χ0v) is 10.3. The molecule has 0 radical (unpaired) electrons. The minimum absolute atomic E-state index is 0.0680. The number of nitrogens with zero attached hydrogens (tertiary/aromatic N) is 2. The van der Waals surface area contributed by atoms with Gasteiger partial charge in [0.2, 0.25) is 0 Å². The molecule has 16 heavy (non-hydrogen) atoms. The van der Waals surface area contributed by atoms with E-state index in [1.165, 1.54) is 6.92 Å². The lowest BCUT2D eigenvalue weighted by molar-refractivity contribution is -0.141. The van der Waals surface area contributed by atoms with E-state index in [9.17, 15) is 13.6 Å². The van der Waals surface area contributed by atoms with E-state index < -0.39 is 18.3 Å². The molecule has 0 aliphatic heterocycles. The van der Waals surface area contributed by atoms with Crippen LogP contribution in [0.25, 0.3) is 0 Å². The third-order valence-corrected chi connectivity index (χ3v) is 3.15. The first kappa shape index (κ1) is 13.1. The van der Waals surface area contributed by atoms with Crippen LogP contribution in [0, 0.1) is 12.8 Å². The van der Waals surface area contributed by atoms with Gasteiger partial charge in [0.25, 0.3) is 6.43 Å². The molecule has 0 aromatic carbocycles. The Hall–Kier alpha value is -0.980. The number of aromatic nitrogens is 2. The maximum absolute atomic E-state index is 12.7. The lowest BCUT2D eigenvalue weighted by atomic mass is 10.2. The summed E-state index contributed by atoms with van der Waals surface area (Å²) in [5, 5.41) is 12.6. The molecular formula is C9H11BrF2N2O2. The highest BCUT2D eigenvalue weighted by Gasteiger charge is 2.23. The van der Waals surface area contributed by atoms with E-state index in [2.05, 4.69) is 21.0 Å². The van der Waals surface area contributed by atoms with E-state index in [4.69, 9.17) is 5.11 Å². The molecule has 1 N–H and O–H groups in total. The molecule has 0 saturated carbocycles. The van der Waals surface area contributed by atoms with E-state index in [-0.39, 0.29) is 16.7 Å². The van der Waals surface area contributed by atoms with Crippen molar-refractivity contribution in [1.29, 1.82) is 0 Å². The Labute approximate surface area is 99.4 Å². The fraction of sp³-hybridized carbons (Fsp3) is 0.556. The average Bonchev–Trinajstić information content (AvgIpc) is 2.42. The molecule has 0 aliphatic rings. The third-order valence-electron chi connectivity index (χ3n) is 2.17. The van der Waals surface area contributed by atoms with Crippen LogP contribution in [0.15, 0.2) is 4.47 Å². The maximum atomic E-state index is 12.7. The molecule has 1 aromatic rings. The monoisotopic (exact) mass is 296 g/mol. The van der Waals surface area contributed by atoms with Crippen LogP contribution in [0.5, 0.6) is 0 Å². The van der Waals surface area contributed by atoms with Crippen molar-refractivity contribution in [2.24, 2.45) is 5.92 Å². The molecule has 0 saturated heterocycles. The van der Waals surface area contributed by atoms with Crippen LogP contribution in [0.2, 0.25) is 0 Å². The van der Waals surface area contributed by atoms with Crippen LogP contribution in [0.3, 0.4) is 0 Å². The first-order valence-corrected chi connectivity index (χ1v) is 5.37. The fourth-order valence-electron chi connectivity index (χ4n) is 1.26. The van der Waals surface area contributed by atoms with Crippen molar-refractivity contribution in [2.45, 2.75) is 26.8 Å². The number of aryl methyl sites for hydroxylation is 1. The molecule has 0 spiro atoms. The Bertz CT molecular complexity index is 406. The van der Waals surface area contributed by atoms with Gasteiger partial charge in [-0.2, -0.15) is 5.10 Å². The molecular weight excluding hydrogens is 286 g/mol. The second-order valence-electron chi connectivity index (χ2n) is 3.51. The number of hydrogen-bond acceptors (Lipinski definition) is 2. The lowest BCUT2D eigenvalue weighted by Gasteiger charge is -2.09. The van der Waals surface area contributed by atoms with Crippen LogP contribution in [-0.4, -0.2) is 20.9 Å². The van der Waals surface area contributed by atoms with Gasteiger partial charge in [-0.3, -0.25) is 9.48 Å². The summed E-state index contributed by atoms with van der Waals surface area (Å²) in [6, 6.07) is 0. The first-order chi connectivity index (χ1) is 7.34. The summed E-state index contributed by atoms with van der Waals surface area (Å²) in [5.74, 6) is -1.80. The molecule has 4 nitrogen and oxygen atoms in total. The highest BCUT2D eigenvalue weighted by atomic mass is 79.9. The predicted octanol–water partition coefficient (Wildman–Crippen LogP) is 2.61.